The highest BCUT2D eigenvalue weighted by Crippen LogP contribution is 2.48. The van der Waals surface area contributed by atoms with Gasteiger partial charge in [-0.05, 0) is 53.1 Å². The fourth-order valence-corrected chi connectivity index (χ4v) is 5.15. The first-order valence-electron chi connectivity index (χ1n) is 12.6. The van der Waals surface area contributed by atoms with Gasteiger partial charge in [-0.3, -0.25) is 0 Å². The van der Waals surface area contributed by atoms with Gasteiger partial charge in [-0.25, -0.2) is 0 Å². The largest absolute Gasteiger partial charge is 0.493 e. The van der Waals surface area contributed by atoms with Crippen LogP contribution in [0.15, 0.2) is 91.0 Å². The van der Waals surface area contributed by atoms with Crippen molar-refractivity contribution in [3.63, 3.8) is 0 Å². The maximum atomic E-state index is 7.11. The quantitative estimate of drug-likeness (QED) is 0.245. The van der Waals surface area contributed by atoms with Crippen molar-refractivity contribution in [2.75, 3.05) is 28.4 Å². The molecule has 0 radical (unpaired) electrons. The van der Waals surface area contributed by atoms with Crippen molar-refractivity contribution in [2.45, 2.75) is 18.4 Å². The van der Waals surface area contributed by atoms with Crippen LogP contribution in [0, 0.1) is 0 Å². The van der Waals surface area contributed by atoms with Crippen LogP contribution in [0.5, 0.6) is 23.0 Å². The highest BCUT2D eigenvalue weighted by Gasteiger charge is 2.41. The van der Waals surface area contributed by atoms with E-state index in [-0.39, 0.29) is 0 Å². The highest BCUT2D eigenvalue weighted by atomic mass is 16.5. The Morgan fingerprint density at radius 2 is 1.11 bits per heavy atom. The summed E-state index contributed by atoms with van der Waals surface area (Å²) in [6.07, 6.45) is 3.39. The summed E-state index contributed by atoms with van der Waals surface area (Å²) < 4.78 is 29.6. The van der Waals surface area contributed by atoms with E-state index in [0.29, 0.717) is 35.8 Å². The van der Waals surface area contributed by atoms with Crippen molar-refractivity contribution in [3.05, 3.63) is 119 Å². The van der Waals surface area contributed by atoms with E-state index in [1.54, 1.807) is 28.4 Å². The van der Waals surface area contributed by atoms with Crippen LogP contribution in [-0.2, 0) is 23.2 Å². The molecule has 0 spiro atoms. The van der Waals surface area contributed by atoms with E-state index in [1.807, 2.05) is 36.4 Å². The Balaban J connectivity index is 1.73. The number of benzene rings is 4. The summed E-state index contributed by atoms with van der Waals surface area (Å²) in [5.74, 6) is 3.40. The SMILES string of the molecule is COc1ccc(C2=Cc3cc(OC)c(OC)cc3C(Cc3ccccc3)(Cc3ccccc3)O2)cc1OC. The van der Waals surface area contributed by atoms with Crippen molar-refractivity contribution in [1.82, 2.24) is 0 Å². The number of hydrogen-bond donors (Lipinski definition) is 0. The maximum absolute atomic E-state index is 7.11. The van der Waals surface area contributed by atoms with Gasteiger partial charge in [-0.15, -0.1) is 0 Å². The van der Waals surface area contributed by atoms with Gasteiger partial charge in [0.1, 0.15) is 11.4 Å². The topological polar surface area (TPSA) is 46.2 Å². The van der Waals surface area contributed by atoms with Crippen LogP contribution in [0.1, 0.15) is 27.8 Å². The molecule has 5 nitrogen and oxygen atoms in total. The zero-order valence-corrected chi connectivity index (χ0v) is 22.2. The first-order chi connectivity index (χ1) is 18.6. The molecule has 0 bridgehead atoms. The van der Waals surface area contributed by atoms with Crippen molar-refractivity contribution in [3.8, 4) is 23.0 Å². The fourth-order valence-electron chi connectivity index (χ4n) is 5.15. The fraction of sp³-hybridized carbons (Fsp3) is 0.212. The molecule has 0 amide bonds. The van der Waals surface area contributed by atoms with Gasteiger partial charge < -0.3 is 23.7 Å². The Morgan fingerprint density at radius 3 is 1.66 bits per heavy atom. The Bertz CT molecular complexity index is 1390. The third-order valence-electron chi connectivity index (χ3n) is 6.97. The predicted molar refractivity (Wildman–Crippen MR) is 150 cm³/mol. The minimum absolute atomic E-state index is 0.643. The van der Waals surface area contributed by atoms with Gasteiger partial charge in [0.25, 0.3) is 0 Å². The van der Waals surface area contributed by atoms with Gasteiger partial charge in [-0.1, -0.05) is 60.7 Å². The Kier molecular flexibility index (Phi) is 7.27. The van der Waals surface area contributed by atoms with Gasteiger partial charge in [0.15, 0.2) is 23.0 Å². The van der Waals surface area contributed by atoms with E-state index in [9.17, 15) is 0 Å². The van der Waals surface area contributed by atoms with Gasteiger partial charge in [0.05, 0.1) is 28.4 Å². The molecular formula is C33H32O5. The third kappa shape index (κ3) is 4.92. The smallest absolute Gasteiger partial charge is 0.161 e. The van der Waals surface area contributed by atoms with Crippen LogP contribution in [0.25, 0.3) is 11.8 Å². The van der Waals surface area contributed by atoms with Crippen LogP contribution in [0.3, 0.4) is 0 Å². The number of ether oxygens (including phenoxy) is 5. The van der Waals surface area contributed by atoms with Crippen molar-refractivity contribution < 1.29 is 23.7 Å². The predicted octanol–water partition coefficient (Wildman–Crippen LogP) is 6.93. The molecule has 0 N–H and O–H groups in total. The summed E-state index contributed by atoms with van der Waals surface area (Å²) in [5, 5.41) is 0. The molecule has 0 saturated heterocycles. The average molecular weight is 509 g/mol. The van der Waals surface area contributed by atoms with Gasteiger partial charge in [0, 0.05) is 24.0 Å². The minimum atomic E-state index is -0.713. The molecule has 38 heavy (non-hydrogen) atoms. The molecule has 0 aromatic heterocycles. The highest BCUT2D eigenvalue weighted by molar-refractivity contribution is 5.83. The molecule has 5 rings (SSSR count). The minimum Gasteiger partial charge on any atom is -0.493 e. The van der Waals surface area contributed by atoms with Crippen molar-refractivity contribution >= 4 is 11.8 Å². The summed E-state index contributed by atoms with van der Waals surface area (Å²) in [6.45, 7) is 0. The summed E-state index contributed by atoms with van der Waals surface area (Å²) in [6, 6.07) is 30.8. The second kappa shape index (κ2) is 10.9. The first-order valence-corrected chi connectivity index (χ1v) is 12.6. The van der Waals surface area contributed by atoms with Crippen LogP contribution in [0.4, 0.5) is 0 Å². The number of hydrogen-bond acceptors (Lipinski definition) is 5. The van der Waals surface area contributed by atoms with Crippen LogP contribution >= 0.6 is 0 Å². The van der Waals surface area contributed by atoms with Crippen molar-refractivity contribution in [2.24, 2.45) is 0 Å². The lowest BCUT2D eigenvalue weighted by molar-refractivity contribution is 0.0333. The van der Waals surface area contributed by atoms with Gasteiger partial charge in [0.2, 0.25) is 0 Å². The molecule has 0 atom stereocenters. The monoisotopic (exact) mass is 508 g/mol. The van der Waals surface area contributed by atoms with E-state index in [4.69, 9.17) is 23.7 Å². The normalized spacial score (nSPS) is 13.5. The molecular weight excluding hydrogens is 476 g/mol. The number of methoxy groups -OCH3 is 4. The lowest BCUT2D eigenvalue weighted by atomic mass is 9.77. The molecule has 4 aromatic rings. The van der Waals surface area contributed by atoms with Gasteiger partial charge in [-0.2, -0.15) is 0 Å². The first kappa shape index (κ1) is 25.3. The number of rotatable bonds is 9. The second-order valence-electron chi connectivity index (χ2n) is 9.29. The standard InChI is InChI=1S/C33H32O5/c1-34-28-16-15-25(17-30(28)35-2)29-18-26-19-31(36-3)32(37-4)20-27(26)33(38-29,21-23-11-7-5-8-12-23)22-24-13-9-6-10-14-24/h5-20H,21-22H2,1-4H3. The van der Waals surface area contributed by atoms with E-state index in [2.05, 4.69) is 60.7 Å². The molecule has 1 aliphatic heterocycles. The van der Waals surface area contributed by atoms with Crippen molar-refractivity contribution in [1.29, 1.82) is 0 Å². The summed E-state index contributed by atoms with van der Waals surface area (Å²) >= 11 is 0. The van der Waals surface area contributed by atoms with E-state index in [0.717, 1.165) is 22.4 Å². The molecule has 1 aliphatic rings. The Hall–Kier alpha value is -4.38. The van der Waals surface area contributed by atoms with E-state index >= 15 is 0 Å². The molecule has 0 aliphatic carbocycles. The molecule has 4 aromatic carbocycles. The maximum Gasteiger partial charge on any atom is 0.161 e. The third-order valence-corrected chi connectivity index (χ3v) is 6.97. The van der Waals surface area contributed by atoms with Crippen LogP contribution in [-0.4, -0.2) is 28.4 Å². The number of fused-ring (bicyclic) bond motifs is 1. The molecule has 0 fully saturated rings. The Morgan fingerprint density at radius 1 is 0.579 bits per heavy atom. The molecule has 194 valence electrons. The van der Waals surface area contributed by atoms with Crippen LogP contribution in [0.2, 0.25) is 0 Å². The van der Waals surface area contributed by atoms with Crippen LogP contribution < -0.4 is 18.9 Å². The zero-order chi connectivity index (χ0) is 26.5. The molecule has 0 unspecified atom stereocenters. The summed E-state index contributed by atoms with van der Waals surface area (Å²) in [7, 11) is 6.59. The lowest BCUT2D eigenvalue weighted by Crippen LogP contribution is -2.37. The molecule has 5 heteroatoms. The lowest BCUT2D eigenvalue weighted by Gasteiger charge is -2.40. The van der Waals surface area contributed by atoms with Gasteiger partial charge >= 0.3 is 0 Å². The summed E-state index contributed by atoms with van der Waals surface area (Å²) in [5.41, 5.74) is 4.61. The van der Waals surface area contributed by atoms with E-state index < -0.39 is 5.60 Å². The Labute approximate surface area is 224 Å². The molecule has 0 saturated carbocycles. The van der Waals surface area contributed by atoms with E-state index in [1.165, 1.54) is 11.1 Å². The second-order valence-corrected chi connectivity index (χ2v) is 9.29. The average Bonchev–Trinajstić information content (AvgIpc) is 2.97. The molecule has 1 heterocycles. The summed E-state index contributed by atoms with van der Waals surface area (Å²) in [4.78, 5) is 0. The zero-order valence-electron chi connectivity index (χ0n) is 22.2.